The highest BCUT2D eigenvalue weighted by Crippen LogP contribution is 2.64. The highest BCUT2D eigenvalue weighted by Gasteiger charge is 2.67. The molecule has 0 spiro atoms. The predicted octanol–water partition coefficient (Wildman–Crippen LogP) is 6.27. The first kappa shape index (κ1) is 28.7. The van der Waals surface area contributed by atoms with Crippen molar-refractivity contribution in [3.8, 4) is 5.75 Å². The van der Waals surface area contributed by atoms with Crippen LogP contribution in [0.3, 0.4) is 0 Å². The molecule has 7 nitrogen and oxygen atoms in total. The molecule has 2 saturated heterocycles. The summed E-state index contributed by atoms with van der Waals surface area (Å²) < 4.78 is 14.0. The standard InChI is InChI=1S/C34H27Cl2FN2O5/c1-34-24(31(42)39(33(34)44)19-8-11-26(37)25(36)14-19)15-22-20(29(34)23-13-18(35)7-12-27(23)40)9-10-21-28(22)32(43)38(30(21)41)16-17-5-3-2-4-6-17/h2-9,11-14,21-22,24,28-29,40H,10,15-16H2,1H3. The van der Waals surface area contributed by atoms with Crippen molar-refractivity contribution in [2.75, 3.05) is 4.90 Å². The minimum Gasteiger partial charge on any atom is -0.508 e. The molecule has 2 aliphatic carbocycles. The lowest BCUT2D eigenvalue weighted by atomic mass is 9.51. The van der Waals surface area contributed by atoms with Gasteiger partial charge in [-0.15, -0.1) is 0 Å². The zero-order chi connectivity index (χ0) is 31.1. The third-order valence-electron chi connectivity index (χ3n) is 10.0. The number of phenols is 1. The lowest BCUT2D eigenvalue weighted by Gasteiger charge is -2.49. The SMILES string of the molecule is CC12C(=O)N(c3ccc(F)c(Cl)c3)C(=O)C1CC1C(=CCC3C(=O)N(Cc4ccccc4)C(=O)C31)C2c1cc(Cl)ccc1O. The molecule has 2 heterocycles. The van der Waals surface area contributed by atoms with Crippen LogP contribution in [0.15, 0.2) is 78.4 Å². The average Bonchev–Trinajstić information content (AvgIpc) is 3.36. The van der Waals surface area contributed by atoms with E-state index in [1.54, 1.807) is 13.0 Å². The van der Waals surface area contributed by atoms with Gasteiger partial charge in [0.25, 0.3) is 0 Å². The highest BCUT2D eigenvalue weighted by molar-refractivity contribution is 6.32. The number of rotatable bonds is 4. The Balaban J connectivity index is 1.35. The third kappa shape index (κ3) is 4.07. The number of allylic oxidation sites excluding steroid dienone is 2. The summed E-state index contributed by atoms with van der Waals surface area (Å²) in [4.78, 5) is 58.6. The van der Waals surface area contributed by atoms with Crippen LogP contribution in [0, 0.1) is 34.9 Å². The third-order valence-corrected chi connectivity index (χ3v) is 10.5. The molecule has 4 aliphatic rings. The van der Waals surface area contributed by atoms with E-state index in [0.29, 0.717) is 10.6 Å². The maximum Gasteiger partial charge on any atom is 0.241 e. The minimum absolute atomic E-state index is 0.105. The molecule has 44 heavy (non-hydrogen) atoms. The van der Waals surface area contributed by atoms with Crippen molar-refractivity contribution < 1.29 is 28.7 Å². The molecule has 224 valence electrons. The van der Waals surface area contributed by atoms with Gasteiger partial charge < -0.3 is 5.11 Å². The molecule has 3 aromatic carbocycles. The fourth-order valence-corrected chi connectivity index (χ4v) is 8.33. The lowest BCUT2D eigenvalue weighted by molar-refractivity contribution is -0.141. The number of halogens is 3. The highest BCUT2D eigenvalue weighted by atomic mass is 35.5. The Morgan fingerprint density at radius 3 is 2.41 bits per heavy atom. The summed E-state index contributed by atoms with van der Waals surface area (Å²) in [5.41, 5.74) is 0.657. The zero-order valence-electron chi connectivity index (χ0n) is 23.5. The van der Waals surface area contributed by atoms with E-state index in [2.05, 4.69) is 0 Å². The second kappa shape index (κ2) is 10.3. The van der Waals surface area contributed by atoms with Gasteiger partial charge in [-0.25, -0.2) is 9.29 Å². The number of carbonyl (C=O) groups is 4. The number of phenolic OH excluding ortho intramolecular Hbond substituents is 1. The van der Waals surface area contributed by atoms with E-state index in [-0.39, 0.29) is 47.7 Å². The molecule has 1 saturated carbocycles. The van der Waals surface area contributed by atoms with Gasteiger partial charge in [0.15, 0.2) is 0 Å². The van der Waals surface area contributed by atoms with E-state index in [9.17, 15) is 28.7 Å². The van der Waals surface area contributed by atoms with Crippen LogP contribution >= 0.6 is 23.2 Å². The van der Waals surface area contributed by atoms with E-state index in [1.807, 2.05) is 36.4 Å². The summed E-state index contributed by atoms with van der Waals surface area (Å²) in [5, 5.41) is 11.2. The van der Waals surface area contributed by atoms with Gasteiger partial charge in [-0.1, -0.05) is 65.2 Å². The van der Waals surface area contributed by atoms with Crippen LogP contribution in [-0.4, -0.2) is 33.6 Å². The second-order valence-corrected chi connectivity index (χ2v) is 13.1. The fraction of sp³-hybridized carbons (Fsp3) is 0.294. The molecule has 0 bridgehead atoms. The van der Waals surface area contributed by atoms with Crippen molar-refractivity contribution in [1.29, 1.82) is 0 Å². The number of hydrogen-bond donors (Lipinski definition) is 1. The molecule has 6 atom stereocenters. The monoisotopic (exact) mass is 632 g/mol. The smallest absolute Gasteiger partial charge is 0.241 e. The largest absolute Gasteiger partial charge is 0.508 e. The summed E-state index contributed by atoms with van der Waals surface area (Å²) in [6.07, 6.45) is 2.34. The molecule has 3 fully saturated rings. The number of aromatic hydroxyl groups is 1. The second-order valence-electron chi connectivity index (χ2n) is 12.2. The Bertz CT molecular complexity index is 1800. The minimum atomic E-state index is -1.38. The van der Waals surface area contributed by atoms with E-state index in [1.165, 1.54) is 29.2 Å². The Kier molecular flexibility index (Phi) is 6.71. The summed E-state index contributed by atoms with van der Waals surface area (Å²) in [7, 11) is 0. The van der Waals surface area contributed by atoms with E-state index >= 15 is 0 Å². The first-order valence-corrected chi connectivity index (χ1v) is 15.2. The lowest BCUT2D eigenvalue weighted by Crippen LogP contribution is -2.48. The summed E-state index contributed by atoms with van der Waals surface area (Å²) in [6.45, 7) is 1.84. The van der Waals surface area contributed by atoms with Gasteiger partial charge in [0.05, 0.1) is 40.4 Å². The number of nitrogens with zero attached hydrogens (tertiary/aromatic N) is 2. The Morgan fingerprint density at radius 2 is 1.68 bits per heavy atom. The summed E-state index contributed by atoms with van der Waals surface area (Å²) >= 11 is 12.4. The summed E-state index contributed by atoms with van der Waals surface area (Å²) in [5.74, 6) is -6.00. The van der Waals surface area contributed by atoms with Gasteiger partial charge in [0.2, 0.25) is 23.6 Å². The van der Waals surface area contributed by atoms with Gasteiger partial charge in [-0.3, -0.25) is 24.1 Å². The van der Waals surface area contributed by atoms with Gasteiger partial charge in [0.1, 0.15) is 11.6 Å². The number of amides is 4. The average molecular weight is 634 g/mol. The molecule has 10 heteroatoms. The Labute approximate surface area is 262 Å². The topological polar surface area (TPSA) is 95.0 Å². The maximum absolute atomic E-state index is 14.4. The van der Waals surface area contributed by atoms with Crippen molar-refractivity contribution in [1.82, 2.24) is 4.90 Å². The number of carbonyl (C=O) groups excluding carboxylic acids is 4. The zero-order valence-corrected chi connectivity index (χ0v) is 25.1. The van der Waals surface area contributed by atoms with Gasteiger partial charge in [-0.2, -0.15) is 0 Å². The van der Waals surface area contributed by atoms with Gasteiger partial charge in [0, 0.05) is 16.5 Å². The van der Waals surface area contributed by atoms with E-state index < -0.39 is 52.6 Å². The van der Waals surface area contributed by atoms with Crippen LogP contribution in [-0.2, 0) is 25.7 Å². The Hall–Kier alpha value is -4.01. The van der Waals surface area contributed by atoms with E-state index in [0.717, 1.165) is 22.1 Å². The first-order chi connectivity index (χ1) is 21.0. The maximum atomic E-state index is 14.4. The van der Waals surface area contributed by atoms with E-state index in [4.69, 9.17) is 23.2 Å². The number of benzene rings is 3. The number of hydrogen-bond acceptors (Lipinski definition) is 5. The van der Waals surface area contributed by atoms with Crippen LogP contribution in [0.1, 0.15) is 36.8 Å². The number of anilines is 1. The first-order valence-electron chi connectivity index (χ1n) is 14.4. The molecule has 0 aromatic heterocycles. The predicted molar refractivity (Wildman–Crippen MR) is 161 cm³/mol. The number of fused-ring (bicyclic) bond motifs is 4. The fourth-order valence-electron chi connectivity index (χ4n) is 7.97. The van der Waals surface area contributed by atoms with Crippen LogP contribution in [0.5, 0.6) is 5.75 Å². The molecule has 4 amide bonds. The summed E-state index contributed by atoms with van der Waals surface area (Å²) in [6, 6.07) is 17.5. The molecule has 2 aliphatic heterocycles. The van der Waals surface area contributed by atoms with Gasteiger partial charge >= 0.3 is 0 Å². The number of imide groups is 2. The quantitative estimate of drug-likeness (QED) is 0.270. The molecular weight excluding hydrogens is 606 g/mol. The van der Waals surface area contributed by atoms with Crippen LogP contribution in [0.4, 0.5) is 10.1 Å². The Morgan fingerprint density at radius 1 is 0.932 bits per heavy atom. The number of likely N-dealkylation sites (tertiary alicyclic amines) is 1. The molecule has 6 unspecified atom stereocenters. The van der Waals surface area contributed by atoms with Crippen LogP contribution in [0.2, 0.25) is 10.0 Å². The molecule has 3 aromatic rings. The van der Waals surface area contributed by atoms with Crippen molar-refractivity contribution in [3.05, 3.63) is 105 Å². The van der Waals surface area contributed by atoms with Crippen molar-refractivity contribution in [3.63, 3.8) is 0 Å². The molecule has 1 N–H and O–H groups in total. The molecular formula is C34H27Cl2FN2O5. The van der Waals surface area contributed by atoms with Crippen molar-refractivity contribution in [2.24, 2.45) is 29.1 Å². The van der Waals surface area contributed by atoms with Crippen LogP contribution < -0.4 is 4.90 Å². The normalized spacial score (nSPS) is 29.5. The van der Waals surface area contributed by atoms with Crippen molar-refractivity contribution in [2.45, 2.75) is 32.2 Å². The van der Waals surface area contributed by atoms with Crippen LogP contribution in [0.25, 0.3) is 0 Å². The van der Waals surface area contributed by atoms with Gasteiger partial charge in [-0.05, 0) is 67.6 Å². The van der Waals surface area contributed by atoms with Crippen molar-refractivity contribution >= 4 is 52.5 Å². The molecule has 0 radical (unpaired) electrons. The molecule has 7 rings (SSSR count).